The Balaban J connectivity index is 1.45. The quantitative estimate of drug-likeness (QED) is 0.418. The van der Waals surface area contributed by atoms with Crippen LogP contribution >= 0.6 is 0 Å². The summed E-state index contributed by atoms with van der Waals surface area (Å²) in [7, 11) is 1.71. The van der Waals surface area contributed by atoms with Gasteiger partial charge in [-0.3, -0.25) is 9.69 Å². The normalized spacial score (nSPS) is 19.0. The Morgan fingerprint density at radius 1 is 1.03 bits per heavy atom. The molecule has 2 aromatic rings. The highest BCUT2D eigenvalue weighted by molar-refractivity contribution is 5.69. The Bertz CT molecular complexity index is 930. The van der Waals surface area contributed by atoms with Crippen LogP contribution in [0.2, 0.25) is 0 Å². The van der Waals surface area contributed by atoms with Crippen LogP contribution in [-0.2, 0) is 16.0 Å². The largest absolute Gasteiger partial charge is 0.493 e. The minimum Gasteiger partial charge on any atom is -0.493 e. The second-order valence-electron chi connectivity index (χ2n) is 9.59. The van der Waals surface area contributed by atoms with Crippen LogP contribution in [0.25, 0.3) is 0 Å². The second kappa shape index (κ2) is 12.8. The van der Waals surface area contributed by atoms with E-state index in [1.807, 2.05) is 13.0 Å². The van der Waals surface area contributed by atoms with E-state index in [2.05, 4.69) is 52.3 Å². The maximum Gasteiger partial charge on any atom is 0.305 e. The number of nitrogens with zero attached hydrogens (tertiary/aromatic N) is 2. The molecule has 35 heavy (non-hydrogen) atoms. The van der Waals surface area contributed by atoms with Gasteiger partial charge in [-0.15, -0.1) is 0 Å². The number of hydrogen-bond donors (Lipinski definition) is 0. The fourth-order valence-electron chi connectivity index (χ4n) is 5.30. The molecule has 1 aliphatic heterocycles. The van der Waals surface area contributed by atoms with Gasteiger partial charge >= 0.3 is 5.97 Å². The number of benzene rings is 2. The van der Waals surface area contributed by atoms with Gasteiger partial charge in [0.05, 0.1) is 19.8 Å². The van der Waals surface area contributed by atoms with E-state index in [0.717, 1.165) is 63.4 Å². The van der Waals surface area contributed by atoms with Crippen LogP contribution in [0, 0.1) is 0 Å². The average Bonchev–Trinajstić information content (AvgIpc) is 3.39. The molecular formula is C29H40N2O4. The Kier molecular flexibility index (Phi) is 9.29. The van der Waals surface area contributed by atoms with E-state index in [-0.39, 0.29) is 5.97 Å². The number of carbonyl (C=O) groups is 1. The van der Waals surface area contributed by atoms with Gasteiger partial charge in [-0.05, 0) is 69.7 Å². The van der Waals surface area contributed by atoms with Crippen LogP contribution in [0.5, 0.6) is 11.5 Å². The molecule has 2 aromatic carbocycles. The standard InChI is InChI=1S/C29H40N2O4/c1-3-34-29(32)14-9-17-30-18-19-31(22-25(30)20-23-10-5-4-6-11-23)24-15-16-27(33-2)28(21-24)35-26-12-7-8-13-26/h4-6,10-11,15-16,21,25-26H,3,7-9,12-14,17-20,22H2,1-2H3. The van der Waals surface area contributed by atoms with Gasteiger partial charge in [0.15, 0.2) is 11.5 Å². The van der Waals surface area contributed by atoms with E-state index in [1.54, 1.807) is 7.11 Å². The zero-order valence-corrected chi connectivity index (χ0v) is 21.3. The van der Waals surface area contributed by atoms with E-state index < -0.39 is 0 Å². The van der Waals surface area contributed by atoms with Crippen molar-refractivity contribution in [2.75, 3.05) is 44.8 Å². The van der Waals surface area contributed by atoms with E-state index in [4.69, 9.17) is 14.2 Å². The molecule has 1 unspecified atom stereocenters. The smallest absolute Gasteiger partial charge is 0.305 e. The van der Waals surface area contributed by atoms with Crippen LogP contribution in [0.15, 0.2) is 48.5 Å². The van der Waals surface area contributed by atoms with Crippen molar-refractivity contribution < 1.29 is 19.0 Å². The van der Waals surface area contributed by atoms with Crippen molar-refractivity contribution in [3.05, 3.63) is 54.1 Å². The molecule has 190 valence electrons. The lowest BCUT2D eigenvalue weighted by Gasteiger charge is -2.43. The van der Waals surface area contributed by atoms with Crippen molar-refractivity contribution in [2.24, 2.45) is 0 Å². The summed E-state index contributed by atoms with van der Waals surface area (Å²) in [5.74, 6) is 1.56. The topological polar surface area (TPSA) is 51.2 Å². The van der Waals surface area contributed by atoms with Crippen molar-refractivity contribution in [2.45, 2.75) is 64.0 Å². The summed E-state index contributed by atoms with van der Waals surface area (Å²) in [6, 6.07) is 17.4. The first kappa shape index (κ1) is 25.4. The molecule has 1 aliphatic carbocycles. The number of anilines is 1. The van der Waals surface area contributed by atoms with Gasteiger partial charge in [0.25, 0.3) is 0 Å². The number of rotatable bonds is 11. The summed E-state index contributed by atoms with van der Waals surface area (Å²) in [5, 5.41) is 0. The van der Waals surface area contributed by atoms with Crippen LogP contribution in [0.4, 0.5) is 5.69 Å². The number of piperazine rings is 1. The number of methoxy groups -OCH3 is 1. The van der Waals surface area contributed by atoms with Crippen molar-refractivity contribution >= 4 is 11.7 Å². The molecule has 0 N–H and O–H groups in total. The maximum atomic E-state index is 11.8. The molecule has 2 aliphatic rings. The molecule has 4 rings (SSSR count). The predicted molar refractivity (Wildman–Crippen MR) is 139 cm³/mol. The first-order valence-electron chi connectivity index (χ1n) is 13.2. The monoisotopic (exact) mass is 480 g/mol. The summed E-state index contributed by atoms with van der Waals surface area (Å²) < 4.78 is 17.1. The third-order valence-corrected chi connectivity index (χ3v) is 7.16. The maximum absolute atomic E-state index is 11.8. The Labute approximate surface area is 210 Å². The SMILES string of the molecule is CCOC(=O)CCCN1CCN(c2ccc(OC)c(OC3CCCC3)c2)CC1Cc1ccccc1. The minimum atomic E-state index is -0.0984. The molecule has 2 fully saturated rings. The molecule has 6 heteroatoms. The van der Waals surface area contributed by atoms with Gasteiger partial charge in [0, 0.05) is 43.9 Å². The van der Waals surface area contributed by atoms with Crippen molar-refractivity contribution in [3.63, 3.8) is 0 Å². The van der Waals surface area contributed by atoms with E-state index in [9.17, 15) is 4.79 Å². The summed E-state index contributed by atoms with van der Waals surface area (Å²) in [6.07, 6.45) is 7.31. The highest BCUT2D eigenvalue weighted by Crippen LogP contribution is 2.35. The zero-order chi connectivity index (χ0) is 24.5. The molecule has 1 heterocycles. The second-order valence-corrected chi connectivity index (χ2v) is 9.59. The highest BCUT2D eigenvalue weighted by Gasteiger charge is 2.28. The molecule has 1 saturated carbocycles. The summed E-state index contributed by atoms with van der Waals surface area (Å²) >= 11 is 0. The molecule has 0 spiro atoms. The molecule has 0 radical (unpaired) electrons. The molecule has 0 aromatic heterocycles. The van der Waals surface area contributed by atoms with E-state index in [1.165, 1.54) is 24.1 Å². The molecule has 0 bridgehead atoms. The van der Waals surface area contributed by atoms with E-state index in [0.29, 0.717) is 25.2 Å². The van der Waals surface area contributed by atoms with Gasteiger partial charge in [0.2, 0.25) is 0 Å². The molecule has 6 nitrogen and oxygen atoms in total. The minimum absolute atomic E-state index is 0.0984. The highest BCUT2D eigenvalue weighted by atomic mass is 16.5. The average molecular weight is 481 g/mol. The zero-order valence-electron chi connectivity index (χ0n) is 21.3. The van der Waals surface area contributed by atoms with E-state index >= 15 is 0 Å². The number of carbonyl (C=O) groups excluding carboxylic acids is 1. The summed E-state index contributed by atoms with van der Waals surface area (Å²) in [6.45, 7) is 6.05. The fourth-order valence-corrected chi connectivity index (χ4v) is 5.30. The summed E-state index contributed by atoms with van der Waals surface area (Å²) in [5.41, 5.74) is 2.53. The number of hydrogen-bond acceptors (Lipinski definition) is 6. The predicted octanol–water partition coefficient (Wildman–Crippen LogP) is 5.09. The van der Waals surface area contributed by atoms with Crippen molar-refractivity contribution in [1.29, 1.82) is 0 Å². The lowest BCUT2D eigenvalue weighted by Crippen LogP contribution is -2.54. The lowest BCUT2D eigenvalue weighted by molar-refractivity contribution is -0.143. The Morgan fingerprint density at radius 2 is 1.83 bits per heavy atom. The number of esters is 1. The van der Waals surface area contributed by atoms with Crippen LogP contribution in [0.1, 0.15) is 51.0 Å². The van der Waals surface area contributed by atoms with Gasteiger partial charge in [-0.1, -0.05) is 30.3 Å². The summed E-state index contributed by atoms with van der Waals surface area (Å²) in [4.78, 5) is 16.8. The number of ether oxygens (including phenoxy) is 3. The molecule has 0 amide bonds. The molecule has 1 saturated heterocycles. The van der Waals surface area contributed by atoms with Crippen LogP contribution in [-0.4, -0.2) is 62.9 Å². The van der Waals surface area contributed by atoms with Gasteiger partial charge in [-0.2, -0.15) is 0 Å². The van der Waals surface area contributed by atoms with Gasteiger partial charge < -0.3 is 19.1 Å². The van der Waals surface area contributed by atoms with Crippen LogP contribution < -0.4 is 14.4 Å². The lowest BCUT2D eigenvalue weighted by atomic mass is 10.0. The van der Waals surface area contributed by atoms with Crippen LogP contribution in [0.3, 0.4) is 0 Å². The Morgan fingerprint density at radius 3 is 2.57 bits per heavy atom. The van der Waals surface area contributed by atoms with Crippen molar-refractivity contribution in [1.82, 2.24) is 4.90 Å². The fraction of sp³-hybridized carbons (Fsp3) is 0.552. The Hall–Kier alpha value is -2.73. The third-order valence-electron chi connectivity index (χ3n) is 7.16. The molecule has 1 atom stereocenters. The van der Waals surface area contributed by atoms with Crippen molar-refractivity contribution in [3.8, 4) is 11.5 Å². The third kappa shape index (κ3) is 7.14. The molecular weight excluding hydrogens is 440 g/mol. The first-order valence-corrected chi connectivity index (χ1v) is 13.2. The first-order chi connectivity index (χ1) is 17.2. The van der Waals surface area contributed by atoms with Gasteiger partial charge in [0.1, 0.15) is 0 Å². The van der Waals surface area contributed by atoms with Gasteiger partial charge in [-0.25, -0.2) is 0 Å².